The van der Waals surface area contributed by atoms with Crippen LogP contribution in [0.3, 0.4) is 0 Å². The van der Waals surface area contributed by atoms with Crippen LogP contribution in [-0.4, -0.2) is 62.0 Å². The van der Waals surface area contributed by atoms with Crippen LogP contribution in [0.4, 0.5) is 15.6 Å². The molecule has 212 valence electrons. The average Bonchev–Trinajstić information content (AvgIpc) is 3.67. The van der Waals surface area contributed by atoms with Gasteiger partial charge in [-0.25, -0.2) is 27.9 Å². The van der Waals surface area contributed by atoms with Gasteiger partial charge < -0.3 is 9.64 Å². The van der Waals surface area contributed by atoms with E-state index in [9.17, 15) is 18.0 Å². The van der Waals surface area contributed by atoms with Gasteiger partial charge in [0.25, 0.3) is 0 Å². The first-order valence-electron chi connectivity index (χ1n) is 13.0. The minimum Gasteiger partial charge on any atom is -0.481 e. The zero-order valence-corrected chi connectivity index (χ0v) is 24.1. The van der Waals surface area contributed by atoms with E-state index < -0.39 is 21.5 Å². The number of benzene rings is 2. The molecular formula is C28H28N6O5S2. The molecule has 4 heterocycles. The van der Waals surface area contributed by atoms with Crippen molar-refractivity contribution in [3.63, 3.8) is 0 Å². The Hall–Kier alpha value is -4.07. The number of hydrogen-bond acceptors (Lipinski definition) is 8. The van der Waals surface area contributed by atoms with E-state index >= 15 is 0 Å². The van der Waals surface area contributed by atoms with Crippen LogP contribution < -0.4 is 19.7 Å². The number of carbonyl (C=O) groups excluding carboxylic acids is 2. The summed E-state index contributed by atoms with van der Waals surface area (Å²) in [5, 5.41) is 3.26. The normalized spacial score (nSPS) is 18.2. The maximum Gasteiger partial charge on any atom is 0.328 e. The fourth-order valence-corrected chi connectivity index (χ4v) is 7.33. The number of methoxy groups -OCH3 is 1. The molecule has 2 aliphatic heterocycles. The van der Waals surface area contributed by atoms with Gasteiger partial charge >= 0.3 is 6.03 Å². The summed E-state index contributed by atoms with van der Waals surface area (Å²) >= 11 is 1.23. The first-order valence-corrected chi connectivity index (χ1v) is 15.3. The molecule has 1 saturated heterocycles. The number of likely N-dealkylation sites (tertiary alicyclic amines) is 1. The van der Waals surface area contributed by atoms with E-state index in [2.05, 4.69) is 20.0 Å². The number of nitrogens with one attached hydrogen (secondary N) is 2. The van der Waals surface area contributed by atoms with E-state index in [1.54, 1.807) is 34.1 Å². The van der Waals surface area contributed by atoms with Crippen molar-refractivity contribution in [2.45, 2.75) is 30.2 Å². The molecule has 3 amide bonds. The van der Waals surface area contributed by atoms with Crippen molar-refractivity contribution in [3.05, 3.63) is 71.8 Å². The van der Waals surface area contributed by atoms with Crippen LogP contribution in [0.15, 0.2) is 65.6 Å². The summed E-state index contributed by atoms with van der Waals surface area (Å²) in [5.74, 6) is 0.395. The SMILES string of the molecule is COc1ccc2nc(NC(=O)N3CC4(CCN(C(C)=O)C4)c4cc(S(=O)(=O)NCc5ccccc5)ccc43)sc2n1. The van der Waals surface area contributed by atoms with Gasteiger partial charge in [0.15, 0.2) is 5.13 Å². The molecule has 1 fully saturated rings. The third-order valence-corrected chi connectivity index (χ3v) is 9.89. The largest absolute Gasteiger partial charge is 0.481 e. The van der Waals surface area contributed by atoms with Crippen LogP contribution in [-0.2, 0) is 26.8 Å². The fraction of sp³-hybridized carbons (Fsp3) is 0.286. The van der Waals surface area contributed by atoms with Crippen LogP contribution >= 0.6 is 11.3 Å². The lowest BCUT2D eigenvalue weighted by Crippen LogP contribution is -2.41. The van der Waals surface area contributed by atoms with Crippen LogP contribution in [0.5, 0.6) is 5.88 Å². The van der Waals surface area contributed by atoms with Gasteiger partial charge in [0, 0.05) is 50.3 Å². The van der Waals surface area contributed by atoms with E-state index in [-0.39, 0.29) is 17.3 Å². The molecule has 4 aromatic rings. The summed E-state index contributed by atoms with van der Waals surface area (Å²) in [6.07, 6.45) is 0.606. The predicted octanol–water partition coefficient (Wildman–Crippen LogP) is 3.72. The molecule has 41 heavy (non-hydrogen) atoms. The van der Waals surface area contributed by atoms with Crippen molar-refractivity contribution in [1.29, 1.82) is 0 Å². The van der Waals surface area contributed by atoms with E-state index in [0.717, 1.165) is 11.1 Å². The van der Waals surface area contributed by atoms with Gasteiger partial charge in [-0.15, -0.1) is 0 Å². The quantitative estimate of drug-likeness (QED) is 0.349. The molecule has 2 N–H and O–H groups in total. The topological polar surface area (TPSA) is 134 Å². The molecule has 2 aliphatic rings. The number of pyridine rings is 1. The van der Waals surface area contributed by atoms with Crippen molar-refractivity contribution in [1.82, 2.24) is 19.6 Å². The number of anilines is 2. The second-order valence-electron chi connectivity index (χ2n) is 10.2. The number of sulfonamides is 1. The summed E-state index contributed by atoms with van der Waals surface area (Å²) in [7, 11) is -2.31. The number of carbonyl (C=O) groups is 2. The van der Waals surface area contributed by atoms with E-state index in [1.807, 2.05) is 30.3 Å². The highest BCUT2D eigenvalue weighted by molar-refractivity contribution is 7.89. The van der Waals surface area contributed by atoms with Gasteiger partial charge in [0.1, 0.15) is 10.3 Å². The second-order valence-corrected chi connectivity index (χ2v) is 12.9. The first kappa shape index (κ1) is 27.1. The second kappa shape index (κ2) is 10.4. The number of thiazole rings is 1. The van der Waals surface area contributed by atoms with E-state index in [0.29, 0.717) is 53.1 Å². The molecule has 0 bridgehead atoms. The van der Waals surface area contributed by atoms with Crippen molar-refractivity contribution in [2.75, 3.05) is 37.0 Å². The van der Waals surface area contributed by atoms with E-state index in [4.69, 9.17) is 4.74 Å². The summed E-state index contributed by atoms with van der Waals surface area (Å²) in [6.45, 7) is 2.89. The zero-order valence-electron chi connectivity index (χ0n) is 22.5. The number of amides is 3. The maximum absolute atomic E-state index is 13.6. The molecule has 1 atom stereocenters. The number of urea groups is 1. The lowest BCUT2D eigenvalue weighted by Gasteiger charge is -2.25. The molecule has 2 aromatic carbocycles. The number of rotatable bonds is 6. The van der Waals surface area contributed by atoms with Gasteiger partial charge in [-0.2, -0.15) is 0 Å². The molecule has 6 rings (SSSR count). The summed E-state index contributed by atoms with van der Waals surface area (Å²) in [6, 6.07) is 17.2. The fourth-order valence-electron chi connectivity index (χ4n) is 5.47. The number of aromatic nitrogens is 2. The highest BCUT2D eigenvalue weighted by atomic mass is 32.2. The lowest BCUT2D eigenvalue weighted by atomic mass is 9.81. The Morgan fingerprint density at radius 3 is 2.61 bits per heavy atom. The minimum atomic E-state index is -3.84. The van der Waals surface area contributed by atoms with Gasteiger partial charge in [-0.05, 0) is 41.8 Å². The summed E-state index contributed by atoms with van der Waals surface area (Å²) in [5.41, 5.74) is 2.22. The third kappa shape index (κ3) is 5.11. The van der Waals surface area contributed by atoms with Crippen molar-refractivity contribution in [3.8, 4) is 5.88 Å². The van der Waals surface area contributed by atoms with Crippen LogP contribution in [0, 0.1) is 0 Å². The standard InChI is InChI=1S/C28H28N6O5S2/c1-18(35)33-13-12-28(16-33)17-34(27(36)32-26-30-22-9-11-24(39-2)31-25(22)40-26)23-10-8-20(14-21(23)28)41(37,38)29-15-19-6-4-3-5-7-19/h3-11,14,29H,12-13,15-17H2,1-2H3,(H,30,32,36). The summed E-state index contributed by atoms with van der Waals surface area (Å²) in [4.78, 5) is 38.8. The maximum atomic E-state index is 13.6. The Morgan fingerprint density at radius 2 is 1.88 bits per heavy atom. The highest BCUT2D eigenvalue weighted by Crippen LogP contribution is 2.47. The Labute approximate surface area is 241 Å². The Balaban J connectivity index is 1.30. The molecule has 1 spiro atoms. The van der Waals surface area contributed by atoms with Crippen molar-refractivity contribution in [2.24, 2.45) is 0 Å². The predicted molar refractivity (Wildman–Crippen MR) is 156 cm³/mol. The number of fused-ring (bicyclic) bond motifs is 3. The Kier molecular flexibility index (Phi) is 6.88. The first-order chi connectivity index (χ1) is 19.7. The van der Waals surface area contributed by atoms with Crippen molar-refractivity contribution >= 4 is 54.5 Å². The zero-order chi connectivity index (χ0) is 28.8. The lowest BCUT2D eigenvalue weighted by molar-refractivity contribution is -0.127. The molecule has 0 radical (unpaired) electrons. The minimum absolute atomic E-state index is 0.0583. The van der Waals surface area contributed by atoms with Crippen LogP contribution in [0.25, 0.3) is 10.3 Å². The third-order valence-electron chi connectivity index (χ3n) is 7.61. The van der Waals surface area contributed by atoms with Crippen molar-refractivity contribution < 1.29 is 22.7 Å². The van der Waals surface area contributed by atoms with Gasteiger partial charge in [0.2, 0.25) is 21.8 Å². The van der Waals surface area contributed by atoms with Gasteiger partial charge in [0.05, 0.1) is 12.0 Å². The summed E-state index contributed by atoms with van der Waals surface area (Å²) < 4.78 is 34.4. The molecular weight excluding hydrogens is 564 g/mol. The smallest absolute Gasteiger partial charge is 0.328 e. The molecule has 0 aliphatic carbocycles. The molecule has 11 nitrogen and oxygen atoms in total. The molecule has 13 heteroatoms. The van der Waals surface area contributed by atoms with Gasteiger partial charge in [-0.1, -0.05) is 41.7 Å². The Morgan fingerprint density at radius 1 is 1.07 bits per heavy atom. The molecule has 1 unspecified atom stereocenters. The average molecular weight is 593 g/mol. The molecule has 2 aromatic heterocycles. The monoisotopic (exact) mass is 592 g/mol. The number of ether oxygens (including phenoxy) is 1. The van der Waals surface area contributed by atoms with Gasteiger partial charge in [-0.3, -0.25) is 15.0 Å². The number of hydrogen-bond donors (Lipinski definition) is 2. The Bertz CT molecular complexity index is 1760. The molecule has 0 saturated carbocycles. The van der Waals surface area contributed by atoms with Crippen LogP contribution in [0.1, 0.15) is 24.5 Å². The number of nitrogens with zero attached hydrogens (tertiary/aromatic N) is 4. The highest BCUT2D eigenvalue weighted by Gasteiger charge is 2.50. The van der Waals surface area contributed by atoms with Crippen LogP contribution in [0.2, 0.25) is 0 Å². The van der Waals surface area contributed by atoms with E-state index in [1.165, 1.54) is 31.4 Å².